The molecule has 180 valence electrons. The topological polar surface area (TPSA) is 66.6 Å². The van der Waals surface area contributed by atoms with Crippen LogP contribution in [0.1, 0.15) is 93.3 Å². The number of hydrogen-bond donors (Lipinski definition) is 2. The van der Waals surface area contributed by atoms with Gasteiger partial charge < -0.3 is 15.7 Å². The van der Waals surface area contributed by atoms with Crippen molar-refractivity contribution >= 4 is 5.91 Å². The third kappa shape index (κ3) is 5.50. The summed E-state index contributed by atoms with van der Waals surface area (Å²) in [5, 5.41) is 11.0. The molecule has 1 unspecified atom stereocenters. The quantitative estimate of drug-likeness (QED) is 0.494. The van der Waals surface area contributed by atoms with Gasteiger partial charge in [0, 0.05) is 17.5 Å². The first kappa shape index (κ1) is 25.5. The van der Waals surface area contributed by atoms with Gasteiger partial charge in [-0.1, -0.05) is 70.5 Å². The molecule has 0 aromatic heterocycles. The molecule has 4 heteroatoms. The van der Waals surface area contributed by atoms with Gasteiger partial charge in [0.15, 0.2) is 0 Å². The van der Waals surface area contributed by atoms with Crippen molar-refractivity contribution in [1.82, 2.24) is 4.90 Å². The zero-order valence-electron chi connectivity index (χ0n) is 20.9. The molecule has 2 aromatic rings. The number of nitrogens with zero attached hydrogens (tertiary/aromatic N) is 1. The van der Waals surface area contributed by atoms with Gasteiger partial charge in [0.1, 0.15) is 0 Å². The number of nitrogens with two attached hydrogens (primary N) is 1. The molecular formula is C29H42N2O2. The first-order valence-electron chi connectivity index (χ1n) is 12.7. The van der Waals surface area contributed by atoms with Crippen LogP contribution in [0, 0.1) is 5.92 Å². The first-order valence-corrected chi connectivity index (χ1v) is 12.7. The number of benzene rings is 2. The lowest BCUT2D eigenvalue weighted by molar-refractivity contribution is 0.0283. The molecule has 0 bridgehead atoms. The zero-order valence-corrected chi connectivity index (χ0v) is 20.9. The number of carbonyl (C=O) groups is 1. The van der Waals surface area contributed by atoms with Gasteiger partial charge in [-0.05, 0) is 79.9 Å². The number of aliphatic hydroxyl groups is 1. The fourth-order valence-corrected chi connectivity index (χ4v) is 5.61. The van der Waals surface area contributed by atoms with E-state index in [1.807, 2.05) is 26.0 Å². The second kappa shape index (κ2) is 10.8. The minimum atomic E-state index is -0.781. The number of hydrogen-bond acceptors (Lipinski definition) is 3. The van der Waals surface area contributed by atoms with Crippen LogP contribution in [-0.2, 0) is 11.0 Å². The smallest absolute Gasteiger partial charge is 0.248 e. The summed E-state index contributed by atoms with van der Waals surface area (Å²) in [5.41, 5.74) is 8.63. The van der Waals surface area contributed by atoms with Crippen molar-refractivity contribution in [2.45, 2.75) is 77.2 Å². The van der Waals surface area contributed by atoms with Gasteiger partial charge in [0.05, 0.1) is 5.60 Å². The van der Waals surface area contributed by atoms with Gasteiger partial charge in [-0.3, -0.25) is 4.79 Å². The van der Waals surface area contributed by atoms with Crippen molar-refractivity contribution in [1.29, 1.82) is 0 Å². The van der Waals surface area contributed by atoms with E-state index in [-0.39, 0.29) is 11.3 Å². The highest BCUT2D eigenvalue weighted by Crippen LogP contribution is 2.43. The molecule has 1 atom stereocenters. The van der Waals surface area contributed by atoms with Gasteiger partial charge in [0.2, 0.25) is 5.91 Å². The molecular weight excluding hydrogens is 408 g/mol. The molecule has 0 aliphatic carbocycles. The Hall–Kier alpha value is -2.17. The summed E-state index contributed by atoms with van der Waals surface area (Å²) in [4.78, 5) is 14.5. The highest BCUT2D eigenvalue weighted by molar-refractivity contribution is 5.93. The van der Waals surface area contributed by atoms with Crippen molar-refractivity contribution in [3.8, 4) is 0 Å². The van der Waals surface area contributed by atoms with Crippen LogP contribution in [0.15, 0.2) is 48.5 Å². The van der Waals surface area contributed by atoms with Gasteiger partial charge in [-0.25, -0.2) is 0 Å². The van der Waals surface area contributed by atoms with E-state index < -0.39 is 5.60 Å². The maximum atomic E-state index is 11.9. The lowest BCUT2D eigenvalue weighted by atomic mass is 9.67. The average Bonchev–Trinajstić information content (AvgIpc) is 2.84. The molecule has 1 saturated heterocycles. The van der Waals surface area contributed by atoms with Crippen molar-refractivity contribution in [3.63, 3.8) is 0 Å². The highest BCUT2D eigenvalue weighted by atomic mass is 16.3. The molecule has 1 aliphatic rings. The number of likely N-dealkylation sites (tertiary alicyclic amines) is 1. The summed E-state index contributed by atoms with van der Waals surface area (Å²) in [7, 11) is 0. The van der Waals surface area contributed by atoms with Crippen molar-refractivity contribution in [3.05, 3.63) is 70.8 Å². The Morgan fingerprint density at radius 2 is 1.70 bits per heavy atom. The molecule has 1 aliphatic heterocycles. The summed E-state index contributed by atoms with van der Waals surface area (Å²) in [6.07, 6.45) is 5.88. The third-order valence-corrected chi connectivity index (χ3v) is 7.91. The van der Waals surface area contributed by atoms with E-state index >= 15 is 0 Å². The minimum Gasteiger partial charge on any atom is -0.385 e. The summed E-state index contributed by atoms with van der Waals surface area (Å²) >= 11 is 0. The average molecular weight is 451 g/mol. The Bertz CT molecular complexity index is 909. The first-order chi connectivity index (χ1) is 15.8. The van der Waals surface area contributed by atoms with Gasteiger partial charge in [0.25, 0.3) is 0 Å². The fourth-order valence-electron chi connectivity index (χ4n) is 5.61. The largest absolute Gasteiger partial charge is 0.385 e. The molecule has 3 N–H and O–H groups in total. The number of primary amides is 1. The lowest BCUT2D eigenvalue weighted by Crippen LogP contribution is -2.44. The standard InChI is InChI=1S/C29H42N2O2/c1-5-9-22(4)21-31-18-16-28(17-19-31,26-11-8-10-23(20-26)27(30)32)24-12-14-25(15-13-24)29(33,6-2)7-3/h8,10-15,20,22,33H,5-7,9,16-19,21H2,1-4H3,(H2,30,32). The maximum Gasteiger partial charge on any atom is 0.248 e. The van der Waals surface area contributed by atoms with Crippen molar-refractivity contribution < 1.29 is 9.90 Å². The van der Waals surface area contributed by atoms with Gasteiger partial charge in [-0.15, -0.1) is 0 Å². The predicted octanol–water partition coefficient (Wildman–Crippen LogP) is 5.61. The summed E-state index contributed by atoms with van der Waals surface area (Å²) in [6.45, 7) is 11.9. The Morgan fingerprint density at radius 1 is 1.06 bits per heavy atom. The molecule has 1 heterocycles. The number of rotatable bonds is 10. The number of amides is 1. The Morgan fingerprint density at radius 3 is 2.24 bits per heavy atom. The minimum absolute atomic E-state index is 0.162. The normalized spacial score (nSPS) is 17.6. The molecule has 3 rings (SSSR count). The monoisotopic (exact) mass is 450 g/mol. The molecule has 33 heavy (non-hydrogen) atoms. The van der Waals surface area contributed by atoms with E-state index in [2.05, 4.69) is 49.1 Å². The van der Waals surface area contributed by atoms with E-state index in [0.717, 1.165) is 43.6 Å². The van der Waals surface area contributed by atoms with Gasteiger partial charge >= 0.3 is 0 Å². The molecule has 1 fully saturated rings. The number of piperidine rings is 1. The maximum absolute atomic E-state index is 11.9. The van der Waals surface area contributed by atoms with Crippen molar-refractivity contribution in [2.24, 2.45) is 11.7 Å². The highest BCUT2D eigenvalue weighted by Gasteiger charge is 2.38. The van der Waals surface area contributed by atoms with Crippen LogP contribution in [0.4, 0.5) is 0 Å². The second-order valence-electron chi connectivity index (χ2n) is 10.0. The number of carbonyl (C=O) groups excluding carboxylic acids is 1. The Labute approximate surface area is 200 Å². The van der Waals surface area contributed by atoms with Crippen LogP contribution in [-0.4, -0.2) is 35.5 Å². The molecule has 4 nitrogen and oxygen atoms in total. The molecule has 1 amide bonds. The van der Waals surface area contributed by atoms with Crippen LogP contribution in [0.3, 0.4) is 0 Å². The van der Waals surface area contributed by atoms with Crippen LogP contribution in [0.25, 0.3) is 0 Å². The molecule has 0 radical (unpaired) electrons. The van der Waals surface area contributed by atoms with E-state index in [9.17, 15) is 9.90 Å². The molecule has 0 saturated carbocycles. The summed E-state index contributed by atoms with van der Waals surface area (Å²) in [6, 6.07) is 16.5. The van der Waals surface area contributed by atoms with Crippen LogP contribution >= 0.6 is 0 Å². The summed E-state index contributed by atoms with van der Waals surface area (Å²) < 4.78 is 0. The molecule has 2 aromatic carbocycles. The van der Waals surface area contributed by atoms with Crippen LogP contribution < -0.4 is 5.73 Å². The van der Waals surface area contributed by atoms with E-state index in [1.165, 1.54) is 18.4 Å². The van der Waals surface area contributed by atoms with E-state index in [1.54, 1.807) is 6.07 Å². The van der Waals surface area contributed by atoms with Crippen molar-refractivity contribution in [2.75, 3.05) is 19.6 Å². The SMILES string of the molecule is CCCC(C)CN1CCC(c2ccc(C(O)(CC)CC)cc2)(c2cccc(C(N)=O)c2)CC1. The Balaban J connectivity index is 1.96. The second-order valence-corrected chi connectivity index (χ2v) is 10.0. The lowest BCUT2D eigenvalue weighted by Gasteiger charge is -2.44. The van der Waals surface area contributed by atoms with Crippen LogP contribution in [0.2, 0.25) is 0 Å². The van der Waals surface area contributed by atoms with E-state index in [0.29, 0.717) is 24.3 Å². The van der Waals surface area contributed by atoms with Crippen LogP contribution in [0.5, 0.6) is 0 Å². The predicted molar refractivity (Wildman–Crippen MR) is 136 cm³/mol. The third-order valence-electron chi connectivity index (χ3n) is 7.91. The zero-order chi connectivity index (χ0) is 24.1. The summed E-state index contributed by atoms with van der Waals surface area (Å²) in [5.74, 6) is 0.324. The Kier molecular flexibility index (Phi) is 8.36. The molecule has 0 spiro atoms. The van der Waals surface area contributed by atoms with Gasteiger partial charge in [-0.2, -0.15) is 0 Å². The van der Waals surface area contributed by atoms with E-state index in [4.69, 9.17) is 5.73 Å². The fraction of sp³-hybridized carbons (Fsp3) is 0.552.